The molecule has 0 heterocycles. The van der Waals surface area contributed by atoms with Crippen LogP contribution in [0, 0.1) is 11.3 Å². The van der Waals surface area contributed by atoms with Gasteiger partial charge in [-0.15, -0.1) is 0 Å². The van der Waals surface area contributed by atoms with Crippen LogP contribution in [0.15, 0.2) is 72.3 Å². The molecule has 7 heteroatoms. The first-order chi connectivity index (χ1) is 14.5. The SMILES string of the molecule is N#C/C(=C\c1ccccc1OCc1ccc(Cl)cc1Cl)C(=O)Nc1ccc(O)cc1. The van der Waals surface area contributed by atoms with Gasteiger partial charge in [0.25, 0.3) is 5.91 Å². The molecule has 0 bridgehead atoms. The highest BCUT2D eigenvalue weighted by Crippen LogP contribution is 2.26. The summed E-state index contributed by atoms with van der Waals surface area (Å²) in [5.74, 6) is 0.00310. The predicted octanol–water partition coefficient (Wildman–Crippen LogP) is 5.82. The molecule has 30 heavy (non-hydrogen) atoms. The number of carbonyl (C=O) groups excluding carboxylic acids is 1. The van der Waals surface area contributed by atoms with Crippen molar-refractivity contribution in [2.24, 2.45) is 0 Å². The topological polar surface area (TPSA) is 82.3 Å². The number of hydrogen-bond donors (Lipinski definition) is 2. The van der Waals surface area contributed by atoms with Crippen LogP contribution in [0.1, 0.15) is 11.1 Å². The standard InChI is InChI=1S/C23H16Cl2N2O3/c24-18-6-5-16(21(25)12-18)14-30-22-4-2-1-3-15(22)11-17(13-26)23(29)27-19-7-9-20(28)10-8-19/h1-12,28H,14H2,(H,27,29)/b17-11+. The van der Waals surface area contributed by atoms with E-state index in [4.69, 9.17) is 27.9 Å². The molecule has 0 saturated heterocycles. The van der Waals surface area contributed by atoms with E-state index in [1.807, 2.05) is 6.07 Å². The number of nitriles is 1. The normalized spacial score (nSPS) is 10.9. The second kappa shape index (κ2) is 9.84. The third-order valence-electron chi connectivity index (χ3n) is 4.11. The molecule has 3 aromatic rings. The van der Waals surface area contributed by atoms with Crippen molar-refractivity contribution < 1.29 is 14.6 Å². The predicted molar refractivity (Wildman–Crippen MR) is 118 cm³/mol. The Balaban J connectivity index is 1.78. The number of benzene rings is 3. The zero-order chi connectivity index (χ0) is 21.5. The Bertz CT molecular complexity index is 1140. The Kier molecular flexibility index (Phi) is 6.97. The molecule has 0 aromatic heterocycles. The van der Waals surface area contributed by atoms with Crippen LogP contribution in [-0.2, 0) is 11.4 Å². The molecule has 0 aliphatic heterocycles. The number of amides is 1. The molecule has 0 atom stereocenters. The maximum absolute atomic E-state index is 12.5. The van der Waals surface area contributed by atoms with Crippen LogP contribution >= 0.6 is 23.2 Å². The molecule has 0 saturated carbocycles. The highest BCUT2D eigenvalue weighted by molar-refractivity contribution is 6.35. The number of nitrogens with zero attached hydrogens (tertiary/aromatic N) is 1. The fourth-order valence-electron chi connectivity index (χ4n) is 2.57. The van der Waals surface area contributed by atoms with Gasteiger partial charge in [0, 0.05) is 26.9 Å². The van der Waals surface area contributed by atoms with E-state index in [1.54, 1.807) is 42.5 Å². The van der Waals surface area contributed by atoms with Gasteiger partial charge in [-0.2, -0.15) is 5.26 Å². The third kappa shape index (κ3) is 5.54. The van der Waals surface area contributed by atoms with Crippen LogP contribution in [0.3, 0.4) is 0 Å². The Labute approximate surface area is 183 Å². The molecule has 0 aliphatic carbocycles. The number of hydrogen-bond acceptors (Lipinski definition) is 4. The summed E-state index contributed by atoms with van der Waals surface area (Å²) in [7, 11) is 0. The highest BCUT2D eigenvalue weighted by atomic mass is 35.5. The van der Waals surface area contributed by atoms with Crippen molar-refractivity contribution in [1.82, 2.24) is 0 Å². The minimum absolute atomic E-state index is 0.0796. The number of halogens is 2. The monoisotopic (exact) mass is 438 g/mol. The number of rotatable bonds is 6. The van der Waals surface area contributed by atoms with Gasteiger partial charge in [-0.05, 0) is 48.5 Å². The van der Waals surface area contributed by atoms with Crippen molar-refractivity contribution in [2.75, 3.05) is 5.32 Å². The van der Waals surface area contributed by atoms with Crippen molar-refractivity contribution in [3.8, 4) is 17.6 Å². The molecule has 1 amide bonds. The van der Waals surface area contributed by atoms with E-state index in [1.165, 1.54) is 30.3 Å². The van der Waals surface area contributed by atoms with E-state index in [-0.39, 0.29) is 17.9 Å². The van der Waals surface area contributed by atoms with Crippen molar-refractivity contribution >= 4 is 40.9 Å². The first kappa shape index (κ1) is 21.3. The van der Waals surface area contributed by atoms with Crippen molar-refractivity contribution in [3.05, 3.63) is 93.5 Å². The molecule has 0 fully saturated rings. The maximum Gasteiger partial charge on any atom is 0.266 e. The summed E-state index contributed by atoms with van der Waals surface area (Å²) >= 11 is 12.1. The molecule has 150 valence electrons. The average molecular weight is 439 g/mol. The van der Waals surface area contributed by atoms with Gasteiger partial charge in [0.1, 0.15) is 29.7 Å². The first-order valence-corrected chi connectivity index (χ1v) is 9.60. The van der Waals surface area contributed by atoms with Crippen LogP contribution in [0.4, 0.5) is 5.69 Å². The lowest BCUT2D eigenvalue weighted by Crippen LogP contribution is -2.13. The van der Waals surface area contributed by atoms with Crippen LogP contribution in [-0.4, -0.2) is 11.0 Å². The van der Waals surface area contributed by atoms with Gasteiger partial charge in [0.2, 0.25) is 0 Å². The minimum atomic E-state index is -0.571. The molecule has 5 nitrogen and oxygen atoms in total. The van der Waals surface area contributed by atoms with Gasteiger partial charge in [-0.25, -0.2) is 0 Å². The molecular weight excluding hydrogens is 423 g/mol. The second-order valence-corrected chi connectivity index (χ2v) is 7.08. The molecule has 3 aromatic carbocycles. The summed E-state index contributed by atoms with van der Waals surface area (Å²) in [6.07, 6.45) is 1.45. The van der Waals surface area contributed by atoms with E-state index >= 15 is 0 Å². The number of anilines is 1. The van der Waals surface area contributed by atoms with Crippen LogP contribution in [0.25, 0.3) is 6.08 Å². The summed E-state index contributed by atoms with van der Waals surface area (Å²) in [5, 5.41) is 22.4. The Morgan fingerprint density at radius 3 is 2.53 bits per heavy atom. The Morgan fingerprint density at radius 1 is 1.10 bits per heavy atom. The highest BCUT2D eigenvalue weighted by Gasteiger charge is 2.12. The summed E-state index contributed by atoms with van der Waals surface area (Å²) in [5.41, 5.74) is 1.69. The Morgan fingerprint density at radius 2 is 1.83 bits per heavy atom. The molecule has 2 N–H and O–H groups in total. The molecule has 3 rings (SSSR count). The number of para-hydroxylation sites is 1. The largest absolute Gasteiger partial charge is 0.508 e. The average Bonchev–Trinajstić information content (AvgIpc) is 2.73. The van der Waals surface area contributed by atoms with Crippen LogP contribution in [0.5, 0.6) is 11.5 Å². The quantitative estimate of drug-likeness (QED) is 0.288. The summed E-state index contributed by atoms with van der Waals surface area (Å²) in [6.45, 7) is 0.197. The van der Waals surface area contributed by atoms with E-state index in [9.17, 15) is 15.2 Å². The van der Waals surface area contributed by atoms with Crippen LogP contribution < -0.4 is 10.1 Å². The lowest BCUT2D eigenvalue weighted by molar-refractivity contribution is -0.112. The smallest absolute Gasteiger partial charge is 0.266 e. The van der Waals surface area contributed by atoms with Crippen LogP contribution in [0.2, 0.25) is 10.0 Å². The number of nitrogens with one attached hydrogen (secondary N) is 1. The first-order valence-electron chi connectivity index (χ1n) is 8.84. The molecule has 0 radical (unpaired) electrons. The zero-order valence-corrected chi connectivity index (χ0v) is 17.1. The van der Waals surface area contributed by atoms with Gasteiger partial charge < -0.3 is 15.2 Å². The third-order valence-corrected chi connectivity index (χ3v) is 4.69. The number of carbonyl (C=O) groups is 1. The van der Waals surface area contributed by atoms with Crippen molar-refractivity contribution in [1.29, 1.82) is 5.26 Å². The summed E-state index contributed by atoms with van der Waals surface area (Å²) in [4.78, 5) is 12.5. The number of aromatic hydroxyl groups is 1. The molecular formula is C23H16Cl2N2O3. The Hall–Kier alpha value is -3.46. The van der Waals surface area contributed by atoms with Gasteiger partial charge in [-0.3, -0.25) is 4.79 Å². The number of phenols is 1. The van der Waals surface area contributed by atoms with E-state index in [0.717, 1.165) is 5.56 Å². The minimum Gasteiger partial charge on any atom is -0.508 e. The molecule has 0 spiro atoms. The van der Waals surface area contributed by atoms with Gasteiger partial charge >= 0.3 is 0 Å². The van der Waals surface area contributed by atoms with E-state index in [2.05, 4.69) is 5.32 Å². The van der Waals surface area contributed by atoms with Crippen molar-refractivity contribution in [2.45, 2.75) is 6.61 Å². The van der Waals surface area contributed by atoms with E-state index in [0.29, 0.717) is 27.0 Å². The van der Waals surface area contributed by atoms with Gasteiger partial charge in [0.15, 0.2) is 0 Å². The molecule has 0 aliphatic rings. The van der Waals surface area contributed by atoms with Gasteiger partial charge in [0.05, 0.1) is 0 Å². The summed E-state index contributed by atoms with van der Waals surface area (Å²) < 4.78 is 5.86. The fourth-order valence-corrected chi connectivity index (χ4v) is 3.04. The lowest BCUT2D eigenvalue weighted by Gasteiger charge is -2.11. The fraction of sp³-hybridized carbons (Fsp3) is 0.0435. The van der Waals surface area contributed by atoms with Gasteiger partial charge in [-0.1, -0.05) is 47.5 Å². The zero-order valence-electron chi connectivity index (χ0n) is 15.6. The second-order valence-electron chi connectivity index (χ2n) is 6.23. The number of phenolic OH excluding ortho intramolecular Hbond substituents is 1. The molecule has 0 unspecified atom stereocenters. The van der Waals surface area contributed by atoms with Crippen molar-refractivity contribution in [3.63, 3.8) is 0 Å². The number of ether oxygens (including phenoxy) is 1. The van der Waals surface area contributed by atoms with E-state index < -0.39 is 5.91 Å². The maximum atomic E-state index is 12.5. The summed E-state index contributed by atoms with van der Waals surface area (Å²) in [6, 6.07) is 20.0. The lowest BCUT2D eigenvalue weighted by atomic mass is 10.1.